The fourth-order valence-corrected chi connectivity index (χ4v) is 10.4. The molecule has 74 heavy (non-hydrogen) atoms. The summed E-state index contributed by atoms with van der Waals surface area (Å²) >= 11 is 6.16. The van der Waals surface area contributed by atoms with E-state index >= 15 is 0 Å². The fraction of sp³-hybridized carbons (Fsp3) is 0.186. The first-order valence-corrected chi connectivity index (χ1v) is 27.7. The molecule has 1 aromatic heterocycles. The highest BCUT2D eigenvalue weighted by Gasteiger charge is 2.26. The molecule has 0 unspecified atom stereocenters. The molecule has 0 radical (unpaired) electrons. The molecule has 15 heteroatoms. The lowest BCUT2D eigenvalue weighted by Gasteiger charge is -2.15. The number of methoxy groups -OCH3 is 1. The Morgan fingerprint density at radius 3 is 1.95 bits per heavy atom. The molecule has 0 bridgehead atoms. The molecule has 8 aromatic rings. The number of allylic oxidation sites excluding steroid dienone is 2. The van der Waals surface area contributed by atoms with Gasteiger partial charge in [-0.15, -0.1) is 0 Å². The predicted molar refractivity (Wildman–Crippen MR) is 297 cm³/mol. The van der Waals surface area contributed by atoms with E-state index in [-0.39, 0.29) is 12.2 Å². The number of benzene rings is 7. The molecule has 7 aromatic carbocycles. The summed E-state index contributed by atoms with van der Waals surface area (Å²) in [5, 5.41) is 3.56. The van der Waals surface area contributed by atoms with Crippen LogP contribution in [0.25, 0.3) is 56.1 Å². The van der Waals surface area contributed by atoms with Crippen LogP contribution in [0.4, 0.5) is 11.4 Å². The number of fused-ring (bicyclic) bond motifs is 4. The van der Waals surface area contributed by atoms with E-state index in [4.69, 9.17) is 34.8 Å². The van der Waals surface area contributed by atoms with Crippen LogP contribution in [0.5, 0.6) is 17.2 Å². The van der Waals surface area contributed by atoms with Gasteiger partial charge in [0, 0.05) is 42.2 Å². The van der Waals surface area contributed by atoms with Gasteiger partial charge in [-0.1, -0.05) is 110 Å². The number of hydrogen-bond acceptors (Lipinski definition) is 10. The maximum absolute atomic E-state index is 11.6. The Hall–Kier alpha value is -7.33. The van der Waals surface area contributed by atoms with Crippen molar-refractivity contribution in [2.75, 3.05) is 42.5 Å². The van der Waals surface area contributed by atoms with Crippen LogP contribution >= 0.6 is 11.6 Å². The topological polar surface area (TPSA) is 156 Å². The van der Waals surface area contributed by atoms with E-state index in [1.54, 1.807) is 13.2 Å². The molecule has 0 saturated carbocycles. The van der Waals surface area contributed by atoms with E-state index in [1.807, 2.05) is 152 Å². The van der Waals surface area contributed by atoms with Gasteiger partial charge in [-0.05, 0) is 143 Å². The van der Waals surface area contributed by atoms with Crippen LogP contribution in [0.1, 0.15) is 48.6 Å². The number of aryl methyl sites for hydroxylation is 2. The quantitative estimate of drug-likeness (QED) is 0.0741. The monoisotopic (exact) mass is 1050 g/mol. The third-order valence-corrected chi connectivity index (χ3v) is 14.9. The Morgan fingerprint density at radius 1 is 0.635 bits per heavy atom. The lowest BCUT2D eigenvalue weighted by Crippen LogP contribution is -2.13. The molecular formula is C59H55ClN2O10S2. The molecule has 0 atom stereocenters. The van der Waals surface area contributed by atoms with Gasteiger partial charge in [0.05, 0.1) is 30.0 Å². The molecule has 2 aliphatic heterocycles. The first-order valence-electron chi connectivity index (χ1n) is 24.1. The zero-order valence-electron chi connectivity index (χ0n) is 41.3. The highest BCUT2D eigenvalue weighted by molar-refractivity contribution is 7.86. The normalized spacial score (nSPS) is 14.5. The van der Waals surface area contributed by atoms with E-state index in [9.17, 15) is 21.4 Å². The van der Waals surface area contributed by atoms with Crippen molar-refractivity contribution in [1.82, 2.24) is 0 Å². The molecule has 0 spiro atoms. The van der Waals surface area contributed by atoms with Crippen molar-refractivity contribution in [3.8, 4) is 39.5 Å². The lowest BCUT2D eigenvalue weighted by molar-refractivity contribution is 0.415. The van der Waals surface area contributed by atoms with Crippen LogP contribution in [0, 0.1) is 0 Å². The fourth-order valence-electron chi connectivity index (χ4n) is 9.17. The van der Waals surface area contributed by atoms with Gasteiger partial charge in [0.15, 0.2) is 11.5 Å². The Bertz CT molecular complexity index is 3700. The first-order chi connectivity index (χ1) is 35.5. The highest BCUT2D eigenvalue weighted by Crippen LogP contribution is 2.43. The van der Waals surface area contributed by atoms with Crippen LogP contribution < -0.4 is 24.0 Å². The second-order valence-electron chi connectivity index (χ2n) is 18.0. The number of anilines is 2. The van der Waals surface area contributed by atoms with E-state index in [2.05, 4.69) is 36.4 Å². The van der Waals surface area contributed by atoms with E-state index < -0.39 is 26.0 Å². The second-order valence-corrected chi connectivity index (χ2v) is 21.6. The summed E-state index contributed by atoms with van der Waals surface area (Å²) in [5.74, 6) is 3.57. The third kappa shape index (κ3) is 12.0. The van der Waals surface area contributed by atoms with E-state index in [0.717, 1.165) is 89.3 Å². The number of halogens is 1. The molecule has 2 aliphatic rings. The zero-order valence-corrected chi connectivity index (χ0v) is 43.7. The summed E-state index contributed by atoms with van der Waals surface area (Å²) in [6.07, 6.45) is 8.33. The van der Waals surface area contributed by atoms with Crippen LogP contribution in [0.3, 0.4) is 0 Å². The van der Waals surface area contributed by atoms with Gasteiger partial charge in [-0.25, -0.2) is 0 Å². The Balaban J connectivity index is 0.000000182. The highest BCUT2D eigenvalue weighted by atomic mass is 35.5. The van der Waals surface area contributed by atoms with Crippen molar-refractivity contribution in [1.29, 1.82) is 0 Å². The largest absolute Gasteiger partial charge is 0.497 e. The van der Waals surface area contributed by atoms with Gasteiger partial charge < -0.3 is 28.4 Å². The van der Waals surface area contributed by atoms with Crippen molar-refractivity contribution in [2.45, 2.75) is 39.0 Å². The van der Waals surface area contributed by atoms with Crippen LogP contribution in [-0.4, -0.2) is 58.7 Å². The minimum absolute atomic E-state index is 0.115. The Labute approximate surface area is 436 Å². The van der Waals surface area contributed by atoms with Crippen LogP contribution in [-0.2, 0) is 33.1 Å². The maximum Gasteiger partial charge on any atom is 0.265 e. The number of rotatable bonds is 15. The average molecular weight is 1050 g/mol. The molecule has 0 amide bonds. The number of hydrogen-bond donors (Lipinski definition) is 2. The SMILES string of the molecule is CCC(=C/c1oc2ccc(-c3ccccc3)cc2c1CCS(=O)(=O)O)/C=C1/Oc2ccc(Cl)cc2N1C.COc1ccc2c(CCCCS(=O)(=O)O)c(/C=C3\Oc4ccc(-c5ccccc5)cc4N3C)ccc2c1. The number of unbranched alkanes of at least 4 members (excludes halogenated alkanes) is 1. The van der Waals surface area contributed by atoms with E-state index in [1.165, 1.54) is 0 Å². The number of furan rings is 1. The van der Waals surface area contributed by atoms with E-state index in [0.29, 0.717) is 53.8 Å². The standard InChI is InChI=1S/C30H29NO5S.C29H26ClNO5S/c1-31-28-19-22(21-8-4-3-5-9-21)13-16-29(28)36-30(31)20-24-12-11-23-18-25(35-2)14-15-27(23)26(24)10-6-7-17-37(32,33)34;1-3-19(16-29-31(2)25-18-22(30)10-12-27(25)36-29)15-28-23(13-14-37(32,33)34)24-17-21(9-11-26(24)35-28)20-7-5-4-6-8-20/h3-5,8-9,11-16,18-20H,6-7,10,17H2,1-2H3,(H,32,33,34);4-12,15-18H,3,13-14H2,1-2H3,(H,32,33,34)/b30-20-;19-15-,29-16+. The minimum atomic E-state index is -4.15. The summed E-state index contributed by atoms with van der Waals surface area (Å²) in [6.45, 7) is 2.02. The molecule has 0 saturated heterocycles. The second kappa shape index (κ2) is 22.0. The lowest BCUT2D eigenvalue weighted by atomic mass is 9.94. The molecular weight excluding hydrogens is 996 g/mol. The first kappa shape index (κ1) is 51.6. The molecule has 12 nitrogen and oxygen atoms in total. The van der Waals surface area contributed by atoms with Gasteiger partial charge in [0.1, 0.15) is 17.1 Å². The summed E-state index contributed by atoms with van der Waals surface area (Å²) in [6, 6.07) is 47.8. The summed E-state index contributed by atoms with van der Waals surface area (Å²) in [4.78, 5) is 3.97. The van der Waals surface area contributed by atoms with Gasteiger partial charge in [0.25, 0.3) is 20.2 Å². The smallest absolute Gasteiger partial charge is 0.265 e. The molecule has 2 N–H and O–H groups in total. The molecule has 0 aliphatic carbocycles. The van der Waals surface area contributed by atoms with Gasteiger partial charge in [-0.2, -0.15) is 16.8 Å². The van der Waals surface area contributed by atoms with Crippen molar-refractivity contribution in [3.05, 3.63) is 196 Å². The molecule has 10 rings (SSSR count). The summed E-state index contributed by atoms with van der Waals surface area (Å²) < 4.78 is 88.0. The Kier molecular flexibility index (Phi) is 15.3. The average Bonchev–Trinajstić information content (AvgIpc) is 4.02. The molecule has 3 heterocycles. The maximum atomic E-state index is 11.6. The van der Waals surface area contributed by atoms with Crippen molar-refractivity contribution >= 4 is 77.1 Å². The van der Waals surface area contributed by atoms with Crippen molar-refractivity contribution in [3.63, 3.8) is 0 Å². The molecule has 380 valence electrons. The van der Waals surface area contributed by atoms with Crippen molar-refractivity contribution < 1.29 is 44.6 Å². The van der Waals surface area contributed by atoms with Crippen LogP contribution in [0.2, 0.25) is 5.02 Å². The summed E-state index contributed by atoms with van der Waals surface area (Å²) in [7, 11) is -2.59. The predicted octanol–water partition coefficient (Wildman–Crippen LogP) is 13.9. The minimum Gasteiger partial charge on any atom is -0.497 e. The third-order valence-electron chi connectivity index (χ3n) is 13.1. The number of ether oxygens (including phenoxy) is 3. The van der Waals surface area contributed by atoms with Gasteiger partial charge in [0.2, 0.25) is 11.8 Å². The molecule has 0 fully saturated rings. The zero-order chi connectivity index (χ0) is 52.1. The van der Waals surface area contributed by atoms with Gasteiger partial charge in [-0.3, -0.25) is 9.11 Å². The van der Waals surface area contributed by atoms with Crippen LogP contribution in [0.15, 0.2) is 173 Å². The summed E-state index contributed by atoms with van der Waals surface area (Å²) in [5.41, 5.74) is 10.6. The number of nitrogens with zero attached hydrogens (tertiary/aromatic N) is 2. The Morgan fingerprint density at radius 2 is 1.27 bits per heavy atom. The van der Waals surface area contributed by atoms with Crippen molar-refractivity contribution in [2.24, 2.45) is 0 Å². The van der Waals surface area contributed by atoms with Gasteiger partial charge >= 0.3 is 0 Å².